The van der Waals surface area contributed by atoms with E-state index in [4.69, 9.17) is 9.47 Å². The van der Waals surface area contributed by atoms with Crippen molar-refractivity contribution < 1.29 is 22.7 Å². The van der Waals surface area contributed by atoms with Crippen LogP contribution in [0.4, 0.5) is 0 Å². The molecule has 32 heavy (non-hydrogen) atoms. The molecule has 0 aromatic heterocycles. The van der Waals surface area contributed by atoms with E-state index < -0.39 is 10.0 Å². The highest BCUT2D eigenvalue weighted by Gasteiger charge is 2.31. The van der Waals surface area contributed by atoms with Gasteiger partial charge < -0.3 is 14.8 Å². The maximum absolute atomic E-state index is 12.8. The quantitative estimate of drug-likeness (QED) is 0.521. The number of hydrogen-bond donors (Lipinski definition) is 1. The molecule has 2 aromatic carbocycles. The zero-order valence-corrected chi connectivity index (χ0v) is 19.4. The van der Waals surface area contributed by atoms with Gasteiger partial charge in [0.15, 0.2) is 0 Å². The molecule has 1 unspecified atom stereocenters. The Morgan fingerprint density at radius 2 is 1.81 bits per heavy atom. The van der Waals surface area contributed by atoms with Gasteiger partial charge in [0.2, 0.25) is 15.9 Å². The summed E-state index contributed by atoms with van der Waals surface area (Å²) in [5.41, 5.74) is 1.13. The van der Waals surface area contributed by atoms with Gasteiger partial charge in [-0.2, -0.15) is 0 Å². The van der Waals surface area contributed by atoms with E-state index in [-0.39, 0.29) is 24.1 Å². The minimum absolute atomic E-state index is 0.103. The summed E-state index contributed by atoms with van der Waals surface area (Å²) in [5, 5.41) is 2.87. The Labute approximate surface area is 190 Å². The van der Waals surface area contributed by atoms with Gasteiger partial charge in [0.1, 0.15) is 18.1 Å². The second kappa shape index (κ2) is 11.9. The molecule has 1 amide bonds. The first-order chi connectivity index (χ1) is 15.5. The number of carbonyl (C=O) groups is 1. The van der Waals surface area contributed by atoms with Gasteiger partial charge in [0.05, 0.1) is 25.3 Å². The van der Waals surface area contributed by atoms with Crippen molar-refractivity contribution in [1.82, 2.24) is 9.62 Å². The van der Waals surface area contributed by atoms with Crippen molar-refractivity contribution in [2.75, 3.05) is 39.1 Å². The van der Waals surface area contributed by atoms with Crippen LogP contribution in [0.25, 0.3) is 0 Å². The number of amides is 1. The average molecular weight is 461 g/mol. The number of nitrogens with one attached hydrogen (secondary N) is 1. The minimum Gasteiger partial charge on any atom is -0.497 e. The smallest absolute Gasteiger partial charge is 0.224 e. The highest BCUT2D eigenvalue weighted by molar-refractivity contribution is 7.89. The Hall–Kier alpha value is -2.58. The summed E-state index contributed by atoms with van der Waals surface area (Å²) < 4.78 is 37.8. The Morgan fingerprint density at radius 3 is 2.53 bits per heavy atom. The summed E-state index contributed by atoms with van der Waals surface area (Å²) in [7, 11) is -1.76. The molecule has 0 radical (unpaired) electrons. The molecule has 174 valence electrons. The number of piperidine rings is 1. The number of benzene rings is 2. The second-order valence-electron chi connectivity index (χ2n) is 7.92. The number of ether oxygens (including phenoxy) is 2. The van der Waals surface area contributed by atoms with Gasteiger partial charge in [-0.3, -0.25) is 4.79 Å². The molecule has 1 aliphatic heterocycles. The lowest BCUT2D eigenvalue weighted by molar-refractivity contribution is -0.126. The van der Waals surface area contributed by atoms with Crippen molar-refractivity contribution in [3.05, 3.63) is 60.2 Å². The molecule has 3 rings (SSSR count). The van der Waals surface area contributed by atoms with Gasteiger partial charge in [-0.25, -0.2) is 12.7 Å². The van der Waals surface area contributed by atoms with Crippen LogP contribution in [0.2, 0.25) is 0 Å². The standard InChI is InChI=1S/C24H32N2O5S/c1-30-22-11-13-23(14-12-22)31-17-15-25-24(27)21-10-5-16-26(19-21)32(28,29)18-6-9-20-7-3-2-4-8-20/h2-4,7-8,11-14,21H,5-6,9-10,15-19H2,1H3,(H,25,27). The van der Waals surface area contributed by atoms with Gasteiger partial charge in [-0.1, -0.05) is 30.3 Å². The lowest BCUT2D eigenvalue weighted by Crippen LogP contribution is -2.46. The highest BCUT2D eigenvalue weighted by Crippen LogP contribution is 2.21. The molecule has 0 saturated carbocycles. The van der Waals surface area contributed by atoms with Crippen molar-refractivity contribution >= 4 is 15.9 Å². The first kappa shape index (κ1) is 24.1. The topological polar surface area (TPSA) is 84.9 Å². The summed E-state index contributed by atoms with van der Waals surface area (Å²) >= 11 is 0. The molecular formula is C24H32N2O5S. The molecule has 7 nitrogen and oxygen atoms in total. The van der Waals surface area contributed by atoms with E-state index in [9.17, 15) is 13.2 Å². The van der Waals surface area contributed by atoms with E-state index in [1.807, 2.05) is 54.6 Å². The number of hydrogen-bond acceptors (Lipinski definition) is 5. The number of methoxy groups -OCH3 is 1. The lowest BCUT2D eigenvalue weighted by atomic mass is 9.99. The maximum Gasteiger partial charge on any atom is 0.224 e. The van der Waals surface area contributed by atoms with Crippen molar-refractivity contribution in [2.24, 2.45) is 5.92 Å². The summed E-state index contributed by atoms with van der Waals surface area (Å²) in [6.07, 6.45) is 2.69. The van der Waals surface area contributed by atoms with Gasteiger partial charge in [0.25, 0.3) is 0 Å². The third-order valence-electron chi connectivity index (χ3n) is 5.59. The fraction of sp³-hybridized carbons (Fsp3) is 0.458. The number of nitrogens with zero attached hydrogens (tertiary/aromatic N) is 1. The minimum atomic E-state index is -3.37. The molecule has 1 N–H and O–H groups in total. The number of rotatable bonds is 11. The average Bonchev–Trinajstić information content (AvgIpc) is 2.83. The Morgan fingerprint density at radius 1 is 1.09 bits per heavy atom. The lowest BCUT2D eigenvalue weighted by Gasteiger charge is -2.31. The van der Waals surface area contributed by atoms with Crippen LogP contribution in [0.1, 0.15) is 24.8 Å². The van der Waals surface area contributed by atoms with Crippen LogP contribution in [0.15, 0.2) is 54.6 Å². The zero-order chi connectivity index (χ0) is 22.8. The van der Waals surface area contributed by atoms with Crippen molar-refractivity contribution in [3.63, 3.8) is 0 Å². The van der Waals surface area contributed by atoms with Crippen LogP contribution in [0.3, 0.4) is 0 Å². The van der Waals surface area contributed by atoms with Gasteiger partial charge in [-0.15, -0.1) is 0 Å². The maximum atomic E-state index is 12.8. The highest BCUT2D eigenvalue weighted by atomic mass is 32.2. The third-order valence-corrected chi connectivity index (χ3v) is 7.51. The van der Waals surface area contributed by atoms with Crippen LogP contribution >= 0.6 is 0 Å². The molecule has 1 fully saturated rings. The van der Waals surface area contributed by atoms with Crippen LogP contribution < -0.4 is 14.8 Å². The summed E-state index contributed by atoms with van der Waals surface area (Å²) in [6.45, 7) is 1.44. The SMILES string of the molecule is COc1ccc(OCCNC(=O)C2CCCN(S(=O)(=O)CCCc3ccccc3)C2)cc1. The molecule has 1 atom stereocenters. The first-order valence-electron chi connectivity index (χ1n) is 11.0. The van der Waals surface area contributed by atoms with Crippen LogP contribution in [-0.4, -0.2) is 57.7 Å². The Balaban J connectivity index is 1.40. The Bertz CT molecular complexity index is 948. The van der Waals surface area contributed by atoms with E-state index in [1.165, 1.54) is 4.31 Å². The zero-order valence-electron chi connectivity index (χ0n) is 18.5. The van der Waals surface area contributed by atoms with E-state index in [1.54, 1.807) is 7.11 Å². The predicted octanol–water partition coefficient (Wildman–Crippen LogP) is 2.86. The van der Waals surface area contributed by atoms with Gasteiger partial charge >= 0.3 is 0 Å². The molecule has 1 aliphatic rings. The number of carbonyl (C=O) groups excluding carboxylic acids is 1. The van der Waals surface area contributed by atoms with Crippen LogP contribution in [-0.2, 0) is 21.2 Å². The van der Waals surface area contributed by atoms with E-state index in [0.717, 1.165) is 17.7 Å². The van der Waals surface area contributed by atoms with E-state index in [2.05, 4.69) is 5.32 Å². The van der Waals surface area contributed by atoms with Crippen LogP contribution in [0, 0.1) is 5.92 Å². The fourth-order valence-corrected chi connectivity index (χ4v) is 5.38. The molecular weight excluding hydrogens is 428 g/mol. The summed E-state index contributed by atoms with van der Waals surface area (Å²) in [6, 6.07) is 17.1. The van der Waals surface area contributed by atoms with E-state index in [0.29, 0.717) is 44.7 Å². The monoisotopic (exact) mass is 460 g/mol. The van der Waals surface area contributed by atoms with E-state index >= 15 is 0 Å². The van der Waals surface area contributed by atoms with Crippen LogP contribution in [0.5, 0.6) is 11.5 Å². The number of sulfonamides is 1. The first-order valence-corrected chi connectivity index (χ1v) is 12.6. The molecule has 2 aromatic rings. The van der Waals surface area contributed by atoms with Gasteiger partial charge in [-0.05, 0) is 55.5 Å². The predicted molar refractivity (Wildman–Crippen MR) is 124 cm³/mol. The molecule has 1 saturated heterocycles. The van der Waals surface area contributed by atoms with Crippen molar-refractivity contribution in [1.29, 1.82) is 0 Å². The van der Waals surface area contributed by atoms with Crippen molar-refractivity contribution in [2.45, 2.75) is 25.7 Å². The summed E-state index contributed by atoms with van der Waals surface area (Å²) in [5.74, 6) is 1.11. The molecule has 0 aliphatic carbocycles. The fourth-order valence-electron chi connectivity index (χ4n) is 3.80. The molecule has 0 bridgehead atoms. The second-order valence-corrected chi connectivity index (χ2v) is 10.0. The normalized spacial score (nSPS) is 17.0. The largest absolute Gasteiger partial charge is 0.497 e. The third kappa shape index (κ3) is 7.24. The Kier molecular flexibility index (Phi) is 8.93. The summed E-state index contributed by atoms with van der Waals surface area (Å²) in [4.78, 5) is 12.6. The molecule has 1 heterocycles. The molecule has 8 heteroatoms. The number of aryl methyl sites for hydroxylation is 1. The molecule has 0 spiro atoms. The van der Waals surface area contributed by atoms with Crippen molar-refractivity contribution in [3.8, 4) is 11.5 Å². The van der Waals surface area contributed by atoms with Gasteiger partial charge in [0, 0.05) is 13.1 Å².